The van der Waals surface area contributed by atoms with Gasteiger partial charge in [0.2, 0.25) is 0 Å². The number of ether oxygens (including phenoxy) is 1. The predicted molar refractivity (Wildman–Crippen MR) is 130 cm³/mol. The van der Waals surface area contributed by atoms with Crippen LogP contribution in [0.1, 0.15) is 11.1 Å². The van der Waals surface area contributed by atoms with Crippen LogP contribution >= 0.6 is 11.6 Å². The maximum absolute atomic E-state index is 12.0. The predicted octanol–water partition coefficient (Wildman–Crippen LogP) is 5.63. The fraction of sp³-hybridized carbons (Fsp3) is 0.0769. The molecule has 5 nitrogen and oxygen atoms in total. The van der Waals surface area contributed by atoms with Gasteiger partial charge in [0, 0.05) is 16.3 Å². The zero-order valence-corrected chi connectivity index (χ0v) is 18.0. The van der Waals surface area contributed by atoms with Crippen molar-refractivity contribution in [3.8, 4) is 5.75 Å². The van der Waals surface area contributed by atoms with Crippen molar-refractivity contribution in [2.45, 2.75) is 6.61 Å². The summed E-state index contributed by atoms with van der Waals surface area (Å²) in [4.78, 5) is 12.0. The average molecular weight is 444 g/mol. The van der Waals surface area contributed by atoms with Gasteiger partial charge in [0.15, 0.2) is 0 Å². The van der Waals surface area contributed by atoms with E-state index in [1.54, 1.807) is 18.3 Å². The number of nitrogens with zero attached hydrogens (tertiary/aromatic N) is 1. The van der Waals surface area contributed by atoms with Crippen LogP contribution in [-0.4, -0.2) is 18.7 Å². The second kappa shape index (κ2) is 10.5. The largest absolute Gasteiger partial charge is 0.488 e. The summed E-state index contributed by atoms with van der Waals surface area (Å²) < 4.78 is 6.08. The molecule has 0 saturated carbocycles. The third-order valence-corrected chi connectivity index (χ3v) is 5.12. The second-order valence-electron chi connectivity index (χ2n) is 7.12. The van der Waals surface area contributed by atoms with Crippen molar-refractivity contribution >= 4 is 40.2 Å². The lowest BCUT2D eigenvalue weighted by Gasteiger charge is -2.11. The molecule has 0 aromatic heterocycles. The average Bonchev–Trinajstić information content (AvgIpc) is 2.83. The van der Waals surface area contributed by atoms with Crippen LogP contribution in [0.25, 0.3) is 10.8 Å². The molecule has 0 aliphatic heterocycles. The number of anilines is 1. The Bertz CT molecular complexity index is 1230. The summed E-state index contributed by atoms with van der Waals surface area (Å²) in [5.41, 5.74) is 5.21. The zero-order chi connectivity index (χ0) is 22.2. The number of benzene rings is 4. The van der Waals surface area contributed by atoms with E-state index in [9.17, 15) is 4.79 Å². The number of carbonyl (C=O) groups excluding carboxylic acids is 1. The number of halogens is 1. The molecule has 160 valence electrons. The molecule has 4 aromatic carbocycles. The van der Waals surface area contributed by atoms with E-state index in [4.69, 9.17) is 16.3 Å². The highest BCUT2D eigenvalue weighted by Crippen LogP contribution is 2.22. The van der Waals surface area contributed by atoms with Gasteiger partial charge in [-0.1, -0.05) is 66.2 Å². The topological polar surface area (TPSA) is 62.7 Å². The van der Waals surface area contributed by atoms with Crippen LogP contribution in [-0.2, 0) is 11.4 Å². The number of para-hydroxylation sites is 1. The zero-order valence-electron chi connectivity index (χ0n) is 17.3. The molecule has 1 amide bonds. The molecule has 0 spiro atoms. The smallest absolute Gasteiger partial charge is 0.259 e. The number of fused-ring (bicyclic) bond motifs is 1. The first-order valence-corrected chi connectivity index (χ1v) is 10.6. The summed E-state index contributed by atoms with van der Waals surface area (Å²) in [7, 11) is 0. The summed E-state index contributed by atoms with van der Waals surface area (Å²) >= 11 is 5.86. The highest BCUT2D eigenvalue weighted by atomic mass is 35.5. The van der Waals surface area contributed by atoms with Crippen molar-refractivity contribution in [3.05, 3.63) is 107 Å². The fourth-order valence-corrected chi connectivity index (χ4v) is 3.38. The molecule has 0 radical (unpaired) electrons. The van der Waals surface area contributed by atoms with Gasteiger partial charge in [-0.3, -0.25) is 4.79 Å². The van der Waals surface area contributed by atoms with Crippen LogP contribution in [0.5, 0.6) is 5.75 Å². The summed E-state index contributed by atoms with van der Waals surface area (Å²) in [6.45, 7) is 0.530. The van der Waals surface area contributed by atoms with Crippen LogP contribution < -0.4 is 15.5 Å². The van der Waals surface area contributed by atoms with Gasteiger partial charge >= 0.3 is 0 Å². The number of hydrogen-bond acceptors (Lipinski definition) is 4. The van der Waals surface area contributed by atoms with Crippen LogP contribution in [0.15, 0.2) is 96.1 Å². The van der Waals surface area contributed by atoms with Crippen molar-refractivity contribution in [1.29, 1.82) is 0 Å². The van der Waals surface area contributed by atoms with Crippen LogP contribution in [0.4, 0.5) is 5.69 Å². The van der Waals surface area contributed by atoms with Gasteiger partial charge in [0.25, 0.3) is 5.91 Å². The number of carbonyl (C=O) groups is 1. The van der Waals surface area contributed by atoms with E-state index in [-0.39, 0.29) is 12.5 Å². The third kappa shape index (κ3) is 5.65. The van der Waals surface area contributed by atoms with Gasteiger partial charge in [-0.05, 0) is 52.7 Å². The molecule has 4 aromatic rings. The molecular formula is C26H22ClN3O2. The Morgan fingerprint density at radius 3 is 2.53 bits per heavy atom. The maximum atomic E-state index is 12.0. The Balaban J connectivity index is 1.35. The number of hydrazone groups is 1. The van der Waals surface area contributed by atoms with Crippen molar-refractivity contribution < 1.29 is 9.53 Å². The monoisotopic (exact) mass is 443 g/mol. The third-order valence-electron chi connectivity index (χ3n) is 4.87. The van der Waals surface area contributed by atoms with Gasteiger partial charge in [-0.25, -0.2) is 5.43 Å². The maximum Gasteiger partial charge on any atom is 0.259 e. The number of hydrogen-bond donors (Lipinski definition) is 2. The molecule has 32 heavy (non-hydrogen) atoms. The molecule has 0 fully saturated rings. The lowest BCUT2D eigenvalue weighted by Crippen LogP contribution is -2.25. The van der Waals surface area contributed by atoms with Gasteiger partial charge in [-0.2, -0.15) is 5.10 Å². The van der Waals surface area contributed by atoms with Crippen molar-refractivity contribution in [1.82, 2.24) is 5.43 Å². The molecule has 0 saturated heterocycles. The quantitative estimate of drug-likeness (QED) is 0.274. The first-order chi connectivity index (χ1) is 15.7. The normalized spacial score (nSPS) is 10.9. The summed E-state index contributed by atoms with van der Waals surface area (Å²) in [6, 6.07) is 29.1. The lowest BCUT2D eigenvalue weighted by atomic mass is 10.1. The van der Waals surface area contributed by atoms with Crippen molar-refractivity contribution in [3.63, 3.8) is 0 Å². The van der Waals surface area contributed by atoms with Gasteiger partial charge in [-0.15, -0.1) is 0 Å². The Kier molecular flexibility index (Phi) is 7.00. The molecule has 0 aliphatic rings. The Morgan fingerprint density at radius 1 is 0.906 bits per heavy atom. The Morgan fingerprint density at radius 2 is 1.66 bits per heavy atom. The SMILES string of the molecule is O=C(CNc1ccc(Cl)cc1)N/N=C\c1ccccc1OCc1cccc2ccccc12. The second-order valence-corrected chi connectivity index (χ2v) is 7.55. The fourth-order valence-electron chi connectivity index (χ4n) is 3.26. The van der Waals surface area contributed by atoms with E-state index >= 15 is 0 Å². The summed E-state index contributed by atoms with van der Waals surface area (Å²) in [5, 5.41) is 10.1. The van der Waals surface area contributed by atoms with E-state index in [0.29, 0.717) is 17.4 Å². The highest BCUT2D eigenvalue weighted by molar-refractivity contribution is 6.30. The van der Waals surface area contributed by atoms with E-state index in [2.05, 4.69) is 40.1 Å². The number of amides is 1. The molecule has 0 atom stereocenters. The standard InChI is InChI=1S/C26H22ClN3O2/c27-22-12-14-23(15-13-22)28-17-26(31)30-29-16-20-7-2-4-11-25(20)32-18-21-9-5-8-19-6-1-3-10-24(19)21/h1-16,28H,17-18H2,(H,30,31)/b29-16-. The van der Waals surface area contributed by atoms with Gasteiger partial charge in [0.05, 0.1) is 12.8 Å². The minimum atomic E-state index is -0.259. The van der Waals surface area contributed by atoms with Gasteiger partial charge < -0.3 is 10.1 Å². The Hall–Kier alpha value is -3.83. The number of rotatable bonds is 8. The summed E-state index contributed by atoms with van der Waals surface area (Å²) in [5.74, 6) is 0.433. The molecular weight excluding hydrogens is 422 g/mol. The van der Waals surface area contributed by atoms with E-state index in [1.807, 2.05) is 54.6 Å². The van der Waals surface area contributed by atoms with Crippen molar-refractivity contribution in [2.24, 2.45) is 5.10 Å². The van der Waals surface area contributed by atoms with Crippen LogP contribution in [0.2, 0.25) is 5.02 Å². The molecule has 4 rings (SSSR count). The Labute approximate surface area is 191 Å². The van der Waals surface area contributed by atoms with Gasteiger partial charge in [0.1, 0.15) is 12.4 Å². The first-order valence-electron chi connectivity index (χ1n) is 10.2. The summed E-state index contributed by atoms with van der Waals surface area (Å²) in [6.07, 6.45) is 1.58. The van der Waals surface area contributed by atoms with Crippen LogP contribution in [0.3, 0.4) is 0 Å². The minimum absolute atomic E-state index is 0.0954. The van der Waals surface area contributed by atoms with E-state index < -0.39 is 0 Å². The number of nitrogens with one attached hydrogen (secondary N) is 2. The molecule has 0 aliphatic carbocycles. The molecule has 0 unspecified atom stereocenters. The lowest BCUT2D eigenvalue weighted by molar-refractivity contribution is -0.119. The van der Waals surface area contributed by atoms with E-state index in [1.165, 1.54) is 10.8 Å². The van der Waals surface area contributed by atoms with E-state index in [0.717, 1.165) is 16.8 Å². The molecule has 0 bridgehead atoms. The highest BCUT2D eigenvalue weighted by Gasteiger charge is 2.05. The van der Waals surface area contributed by atoms with Crippen molar-refractivity contribution in [2.75, 3.05) is 11.9 Å². The molecule has 0 heterocycles. The minimum Gasteiger partial charge on any atom is -0.488 e. The first kappa shape index (κ1) is 21.4. The molecule has 6 heteroatoms. The molecule has 2 N–H and O–H groups in total. The van der Waals surface area contributed by atoms with Crippen LogP contribution in [0, 0.1) is 0 Å².